The van der Waals surface area contributed by atoms with E-state index in [1.165, 1.54) is 32.4 Å². The number of piperidine rings is 1. The van der Waals surface area contributed by atoms with Crippen molar-refractivity contribution >= 4 is 45.5 Å². The summed E-state index contributed by atoms with van der Waals surface area (Å²) in [5, 5.41) is 11.6. The molecule has 1 aromatic carbocycles. The smallest absolute Gasteiger partial charge is 0.262 e. The van der Waals surface area contributed by atoms with Gasteiger partial charge in [0.25, 0.3) is 5.91 Å². The minimum absolute atomic E-state index is 0.00200. The van der Waals surface area contributed by atoms with Gasteiger partial charge in [-0.3, -0.25) is 24.8 Å². The summed E-state index contributed by atoms with van der Waals surface area (Å²) in [4.78, 5) is 49.9. The standard InChI is InChI=1S/C27H32N8O5S/c1-32(2)41(39,40)20-7-5-19(6-8-20)30-25-24-21(9-14-29-26(24)38)35(31-25)27(10-13-28)11-16-33(17-12-27)23(37)18-34-15-3-4-22(34)36/h5-9,14,24H,3-4,10-12,15-18H2,1-2H3,(H,30,31). The number of dihydropyridines is 1. The number of hydrogen-bond acceptors (Lipinski definition) is 8. The average Bonchev–Trinajstić information content (AvgIpc) is 3.53. The molecule has 1 aromatic rings. The third-order valence-corrected chi connectivity index (χ3v) is 9.87. The van der Waals surface area contributed by atoms with Gasteiger partial charge in [0, 0.05) is 46.4 Å². The molecule has 0 saturated carbocycles. The van der Waals surface area contributed by atoms with Crippen LogP contribution in [0.15, 0.2) is 50.9 Å². The zero-order chi connectivity index (χ0) is 29.4. The number of carbonyl (C=O) groups excluding carboxylic acids is 3. The monoisotopic (exact) mass is 580 g/mol. The number of amidine groups is 1. The molecule has 5 rings (SSSR count). The van der Waals surface area contributed by atoms with Gasteiger partial charge in [-0.1, -0.05) is 0 Å². The van der Waals surface area contributed by atoms with E-state index < -0.39 is 27.4 Å². The van der Waals surface area contributed by atoms with Crippen LogP contribution in [0.4, 0.5) is 5.69 Å². The lowest BCUT2D eigenvalue weighted by Crippen LogP contribution is -2.59. The van der Waals surface area contributed by atoms with Crippen molar-refractivity contribution in [1.29, 1.82) is 5.26 Å². The molecule has 14 heteroatoms. The number of benzene rings is 1. The highest BCUT2D eigenvalue weighted by atomic mass is 32.2. The van der Waals surface area contributed by atoms with E-state index in [-0.39, 0.29) is 29.7 Å². The van der Waals surface area contributed by atoms with Gasteiger partial charge in [0.05, 0.1) is 40.9 Å². The molecular weight excluding hydrogens is 548 g/mol. The minimum atomic E-state index is -3.61. The molecule has 0 radical (unpaired) electrons. The fourth-order valence-corrected chi connectivity index (χ4v) is 6.55. The van der Waals surface area contributed by atoms with Gasteiger partial charge >= 0.3 is 0 Å². The SMILES string of the molecule is CN(C)S(=O)(=O)c1ccc(N=C2NN(C3(CC#N)CCN(C(=O)CN4CCCC4=O)CC3)C3=CC=NC(=O)C32)cc1. The van der Waals surface area contributed by atoms with Gasteiger partial charge in [-0.05, 0) is 49.6 Å². The second kappa shape index (κ2) is 11.1. The highest BCUT2D eigenvalue weighted by Crippen LogP contribution is 2.40. The molecule has 4 aliphatic heterocycles. The second-order valence-electron chi connectivity index (χ2n) is 10.7. The first kappa shape index (κ1) is 28.4. The van der Waals surface area contributed by atoms with Crippen LogP contribution in [0.2, 0.25) is 0 Å². The Morgan fingerprint density at radius 1 is 1.20 bits per heavy atom. The number of likely N-dealkylation sites (tertiary alicyclic amines) is 2. The molecule has 13 nitrogen and oxygen atoms in total. The molecule has 1 N–H and O–H groups in total. The maximum absolute atomic E-state index is 12.9. The number of hydrazine groups is 1. The van der Waals surface area contributed by atoms with Crippen molar-refractivity contribution in [2.75, 3.05) is 40.3 Å². The molecule has 3 amide bonds. The number of allylic oxidation sites excluding steroid dienone is 1. The molecule has 4 aliphatic rings. The van der Waals surface area contributed by atoms with Crippen molar-refractivity contribution in [3.05, 3.63) is 36.0 Å². The lowest BCUT2D eigenvalue weighted by Gasteiger charge is -2.47. The van der Waals surface area contributed by atoms with E-state index in [4.69, 9.17) is 0 Å². The first-order chi connectivity index (χ1) is 19.6. The largest absolute Gasteiger partial charge is 0.341 e. The molecule has 1 atom stereocenters. The molecule has 216 valence electrons. The molecule has 0 spiro atoms. The summed E-state index contributed by atoms with van der Waals surface area (Å²) >= 11 is 0. The number of aliphatic imine (C=N–C) groups is 2. The van der Waals surface area contributed by atoms with Crippen LogP contribution in [-0.4, -0.2) is 103 Å². The van der Waals surface area contributed by atoms with Gasteiger partial charge in [-0.15, -0.1) is 0 Å². The summed E-state index contributed by atoms with van der Waals surface area (Å²) in [7, 11) is -0.698. The van der Waals surface area contributed by atoms with E-state index >= 15 is 0 Å². The Bertz CT molecular complexity index is 1480. The zero-order valence-electron chi connectivity index (χ0n) is 23.0. The van der Waals surface area contributed by atoms with E-state index in [0.29, 0.717) is 56.1 Å². The Kier molecular flexibility index (Phi) is 7.67. The Morgan fingerprint density at radius 3 is 2.51 bits per heavy atom. The molecule has 0 bridgehead atoms. The number of hydrogen-bond donors (Lipinski definition) is 1. The van der Waals surface area contributed by atoms with Crippen LogP contribution in [0.5, 0.6) is 0 Å². The molecule has 4 heterocycles. The van der Waals surface area contributed by atoms with Crippen LogP contribution in [0, 0.1) is 17.2 Å². The molecular formula is C27H32N8O5S. The van der Waals surface area contributed by atoms with E-state index in [0.717, 1.165) is 10.7 Å². The highest BCUT2D eigenvalue weighted by molar-refractivity contribution is 7.89. The first-order valence-corrected chi connectivity index (χ1v) is 14.9. The van der Waals surface area contributed by atoms with E-state index in [1.807, 2.05) is 5.01 Å². The summed E-state index contributed by atoms with van der Waals surface area (Å²) < 4.78 is 26.0. The quantitative estimate of drug-likeness (QED) is 0.496. The van der Waals surface area contributed by atoms with E-state index in [9.17, 15) is 28.1 Å². The van der Waals surface area contributed by atoms with Gasteiger partial charge < -0.3 is 9.80 Å². The first-order valence-electron chi connectivity index (χ1n) is 13.4. The Morgan fingerprint density at radius 2 is 1.90 bits per heavy atom. The van der Waals surface area contributed by atoms with Crippen LogP contribution < -0.4 is 5.43 Å². The van der Waals surface area contributed by atoms with E-state index in [2.05, 4.69) is 21.5 Å². The number of amides is 3. The topological polar surface area (TPSA) is 159 Å². The van der Waals surface area contributed by atoms with E-state index in [1.54, 1.807) is 28.0 Å². The van der Waals surface area contributed by atoms with Crippen molar-refractivity contribution in [1.82, 2.24) is 24.5 Å². The number of rotatable bonds is 7. The van der Waals surface area contributed by atoms with Crippen molar-refractivity contribution in [2.45, 2.75) is 42.5 Å². The maximum Gasteiger partial charge on any atom is 0.262 e. The van der Waals surface area contributed by atoms with Gasteiger partial charge in [-0.2, -0.15) is 5.26 Å². The number of carbonyl (C=O) groups is 3. The second-order valence-corrected chi connectivity index (χ2v) is 12.9. The van der Waals surface area contributed by atoms with Crippen LogP contribution in [-0.2, 0) is 24.4 Å². The lowest BCUT2D eigenvalue weighted by molar-refractivity contribution is -0.140. The number of sulfonamides is 1. The fourth-order valence-electron chi connectivity index (χ4n) is 5.65. The van der Waals surface area contributed by atoms with Crippen LogP contribution in [0.1, 0.15) is 32.1 Å². The van der Waals surface area contributed by atoms with Crippen molar-refractivity contribution in [2.24, 2.45) is 15.9 Å². The van der Waals surface area contributed by atoms with Crippen molar-refractivity contribution < 1.29 is 22.8 Å². The third kappa shape index (κ3) is 5.34. The highest BCUT2D eigenvalue weighted by Gasteiger charge is 2.50. The Balaban J connectivity index is 1.38. The van der Waals surface area contributed by atoms with Crippen molar-refractivity contribution in [3.63, 3.8) is 0 Å². The Labute approximate surface area is 238 Å². The third-order valence-electron chi connectivity index (χ3n) is 8.04. The normalized spacial score (nSPS) is 23.1. The zero-order valence-corrected chi connectivity index (χ0v) is 23.8. The summed E-state index contributed by atoms with van der Waals surface area (Å²) in [5.74, 6) is -0.999. The van der Waals surface area contributed by atoms with Gasteiger partial charge in [0.2, 0.25) is 21.8 Å². The number of nitrogens with one attached hydrogen (secondary N) is 1. The summed E-state index contributed by atoms with van der Waals surface area (Å²) in [6, 6.07) is 8.32. The number of fused-ring (bicyclic) bond motifs is 1. The van der Waals surface area contributed by atoms with Gasteiger partial charge in [0.1, 0.15) is 11.8 Å². The van der Waals surface area contributed by atoms with Gasteiger partial charge in [-0.25, -0.2) is 22.7 Å². The van der Waals surface area contributed by atoms with Crippen LogP contribution in [0.25, 0.3) is 0 Å². The average molecular weight is 581 g/mol. The molecule has 0 aliphatic carbocycles. The number of nitriles is 1. The number of nitrogens with zero attached hydrogens (tertiary/aromatic N) is 7. The minimum Gasteiger partial charge on any atom is -0.341 e. The molecule has 1 unspecified atom stereocenters. The molecule has 0 aromatic heterocycles. The summed E-state index contributed by atoms with van der Waals surface area (Å²) in [6.07, 6.45) is 5.47. The molecule has 3 saturated heterocycles. The fraction of sp³-hybridized carbons (Fsp3) is 0.481. The van der Waals surface area contributed by atoms with Crippen LogP contribution >= 0.6 is 0 Å². The maximum atomic E-state index is 12.9. The summed E-state index contributed by atoms with van der Waals surface area (Å²) in [5.41, 5.74) is 3.61. The lowest BCUT2D eigenvalue weighted by atomic mass is 9.83. The van der Waals surface area contributed by atoms with Crippen molar-refractivity contribution in [3.8, 4) is 6.07 Å². The molecule has 41 heavy (non-hydrogen) atoms. The molecule has 3 fully saturated rings. The predicted molar refractivity (Wildman–Crippen MR) is 149 cm³/mol. The summed E-state index contributed by atoms with van der Waals surface area (Å²) in [6.45, 7) is 1.45. The van der Waals surface area contributed by atoms with Gasteiger partial charge in [0.15, 0.2) is 0 Å². The Hall–Kier alpha value is -4.09. The predicted octanol–water partition coefficient (Wildman–Crippen LogP) is 0.795. The van der Waals surface area contributed by atoms with Crippen LogP contribution in [0.3, 0.4) is 0 Å².